The first-order valence-electron chi connectivity index (χ1n) is 11.0. The van der Waals surface area contributed by atoms with Gasteiger partial charge in [-0.25, -0.2) is 8.42 Å². The molecule has 0 atom stereocenters. The summed E-state index contributed by atoms with van der Waals surface area (Å²) in [5.41, 5.74) is 2.97. The van der Waals surface area contributed by atoms with Gasteiger partial charge in [-0.05, 0) is 61.1 Å². The van der Waals surface area contributed by atoms with Crippen molar-refractivity contribution in [3.8, 4) is 5.75 Å². The number of methoxy groups -OCH3 is 1. The molecule has 0 aromatic heterocycles. The summed E-state index contributed by atoms with van der Waals surface area (Å²) in [6.45, 7) is 2.27. The number of ether oxygens (including phenoxy) is 1. The van der Waals surface area contributed by atoms with Gasteiger partial charge in [-0.15, -0.1) is 0 Å². The van der Waals surface area contributed by atoms with E-state index < -0.39 is 10.0 Å². The lowest BCUT2D eigenvalue weighted by Crippen LogP contribution is -2.41. The minimum absolute atomic E-state index is 0.0949. The van der Waals surface area contributed by atoms with Crippen LogP contribution in [0.25, 0.3) is 0 Å². The number of benzene rings is 3. The fraction of sp³-hybridized carbons (Fsp3) is 0.269. The summed E-state index contributed by atoms with van der Waals surface area (Å²) in [5.74, 6) is 2.05. The Hall–Kier alpha value is -2.97. The number of thioether (sulfide) groups is 1. The monoisotopic (exact) mass is 498 g/mol. The van der Waals surface area contributed by atoms with Crippen LogP contribution in [-0.2, 0) is 20.6 Å². The molecule has 6 nitrogen and oxygen atoms in total. The van der Waals surface area contributed by atoms with Gasteiger partial charge in [0.2, 0.25) is 5.91 Å². The van der Waals surface area contributed by atoms with Gasteiger partial charge in [0.05, 0.1) is 17.7 Å². The van der Waals surface area contributed by atoms with E-state index in [1.807, 2.05) is 11.8 Å². The Balaban J connectivity index is 1.56. The van der Waals surface area contributed by atoms with E-state index >= 15 is 0 Å². The maximum atomic E-state index is 13.3. The van der Waals surface area contributed by atoms with Crippen molar-refractivity contribution >= 4 is 33.4 Å². The van der Waals surface area contributed by atoms with Gasteiger partial charge in [0.15, 0.2) is 0 Å². The van der Waals surface area contributed by atoms with E-state index in [9.17, 15) is 13.2 Å². The van der Waals surface area contributed by atoms with Crippen LogP contribution in [-0.4, -0.2) is 40.3 Å². The van der Waals surface area contributed by atoms with E-state index in [0.717, 1.165) is 22.2 Å². The SMILES string of the molecule is COc1ccc(S(=O)(=O)N(CC(=O)NCCCSCc2cccc(C)c2)c2ccccc2)cc1. The molecule has 0 heterocycles. The molecule has 0 spiro atoms. The van der Waals surface area contributed by atoms with E-state index in [1.54, 1.807) is 42.5 Å². The highest BCUT2D eigenvalue weighted by atomic mass is 32.2. The van der Waals surface area contributed by atoms with E-state index in [1.165, 1.54) is 30.4 Å². The molecule has 1 N–H and O–H groups in total. The van der Waals surface area contributed by atoms with Gasteiger partial charge >= 0.3 is 0 Å². The van der Waals surface area contributed by atoms with Crippen molar-refractivity contribution in [3.05, 3.63) is 90.0 Å². The predicted molar refractivity (Wildman–Crippen MR) is 139 cm³/mol. The zero-order valence-electron chi connectivity index (χ0n) is 19.4. The average molecular weight is 499 g/mol. The average Bonchev–Trinajstić information content (AvgIpc) is 2.85. The number of para-hydroxylation sites is 1. The van der Waals surface area contributed by atoms with Crippen molar-refractivity contribution in [2.45, 2.75) is 24.0 Å². The highest BCUT2D eigenvalue weighted by Crippen LogP contribution is 2.25. The van der Waals surface area contributed by atoms with Crippen LogP contribution in [0.5, 0.6) is 5.75 Å². The van der Waals surface area contributed by atoms with Gasteiger partial charge in [-0.1, -0.05) is 48.0 Å². The van der Waals surface area contributed by atoms with Gasteiger partial charge in [0.1, 0.15) is 12.3 Å². The van der Waals surface area contributed by atoms with Gasteiger partial charge in [0, 0.05) is 12.3 Å². The number of amides is 1. The maximum absolute atomic E-state index is 13.3. The smallest absolute Gasteiger partial charge is 0.264 e. The van der Waals surface area contributed by atoms with E-state index in [2.05, 4.69) is 36.5 Å². The molecule has 0 aliphatic rings. The van der Waals surface area contributed by atoms with E-state index in [-0.39, 0.29) is 17.3 Å². The molecule has 8 heteroatoms. The maximum Gasteiger partial charge on any atom is 0.264 e. The van der Waals surface area contributed by atoms with Crippen LogP contribution in [0.4, 0.5) is 5.69 Å². The summed E-state index contributed by atoms with van der Waals surface area (Å²) in [4.78, 5) is 12.7. The molecule has 0 unspecified atom stereocenters. The Morgan fingerprint density at radius 3 is 2.41 bits per heavy atom. The number of anilines is 1. The van der Waals surface area contributed by atoms with Crippen LogP contribution in [0.15, 0.2) is 83.8 Å². The van der Waals surface area contributed by atoms with Gasteiger partial charge in [0.25, 0.3) is 10.0 Å². The van der Waals surface area contributed by atoms with Crippen LogP contribution >= 0.6 is 11.8 Å². The van der Waals surface area contributed by atoms with E-state index in [4.69, 9.17) is 4.74 Å². The quantitative estimate of drug-likeness (QED) is 0.368. The van der Waals surface area contributed by atoms with Gasteiger partial charge < -0.3 is 10.1 Å². The topological polar surface area (TPSA) is 75.7 Å². The molecule has 3 aromatic carbocycles. The summed E-state index contributed by atoms with van der Waals surface area (Å²) in [7, 11) is -2.42. The number of sulfonamides is 1. The molecule has 0 saturated carbocycles. The second-order valence-corrected chi connectivity index (χ2v) is 10.7. The molecule has 3 aromatic rings. The molecular weight excluding hydrogens is 468 g/mol. The first kappa shape index (κ1) is 25.6. The van der Waals surface area contributed by atoms with Crippen molar-refractivity contribution in [2.75, 3.05) is 30.3 Å². The summed E-state index contributed by atoms with van der Waals surface area (Å²) < 4.78 is 32.9. The third-order valence-electron chi connectivity index (χ3n) is 5.12. The number of hydrogen-bond acceptors (Lipinski definition) is 5. The highest BCUT2D eigenvalue weighted by Gasteiger charge is 2.27. The largest absolute Gasteiger partial charge is 0.497 e. The summed E-state index contributed by atoms with van der Waals surface area (Å²) in [5, 5.41) is 2.85. The molecule has 0 aliphatic heterocycles. The molecule has 180 valence electrons. The Morgan fingerprint density at radius 1 is 1.00 bits per heavy atom. The molecule has 0 bridgehead atoms. The van der Waals surface area contributed by atoms with Crippen LogP contribution < -0.4 is 14.4 Å². The first-order valence-corrected chi connectivity index (χ1v) is 13.6. The highest BCUT2D eigenvalue weighted by molar-refractivity contribution is 7.98. The van der Waals surface area contributed by atoms with Crippen molar-refractivity contribution < 1.29 is 17.9 Å². The van der Waals surface area contributed by atoms with Crippen molar-refractivity contribution in [2.24, 2.45) is 0 Å². The third-order valence-corrected chi connectivity index (χ3v) is 8.02. The minimum atomic E-state index is -3.93. The molecule has 0 fully saturated rings. The van der Waals surface area contributed by atoms with Crippen molar-refractivity contribution in [1.29, 1.82) is 0 Å². The lowest BCUT2D eigenvalue weighted by atomic mass is 10.2. The third kappa shape index (κ3) is 7.27. The normalized spacial score (nSPS) is 11.1. The van der Waals surface area contributed by atoms with Crippen LogP contribution in [0.1, 0.15) is 17.5 Å². The number of aryl methyl sites for hydroxylation is 1. The van der Waals surface area contributed by atoms with Crippen molar-refractivity contribution in [1.82, 2.24) is 5.32 Å². The summed E-state index contributed by atoms with van der Waals surface area (Å²) >= 11 is 1.81. The molecular formula is C26H30N2O4S2. The first-order chi connectivity index (χ1) is 16.4. The Morgan fingerprint density at radius 2 is 1.74 bits per heavy atom. The molecule has 0 aliphatic carbocycles. The number of carbonyl (C=O) groups excluding carboxylic acids is 1. The summed E-state index contributed by atoms with van der Waals surface area (Å²) in [6.07, 6.45) is 0.804. The standard InChI is InChI=1S/C26H30N2O4S2/c1-21-8-6-9-22(18-21)20-33-17-7-16-27-26(29)19-28(23-10-4-3-5-11-23)34(30,31)25-14-12-24(32-2)13-15-25/h3-6,8-15,18H,7,16-17,19-20H2,1-2H3,(H,27,29). The molecule has 0 radical (unpaired) electrons. The lowest BCUT2D eigenvalue weighted by Gasteiger charge is -2.24. The Labute approximate surface area is 206 Å². The number of rotatable bonds is 12. The van der Waals surface area contributed by atoms with Crippen LogP contribution in [0.3, 0.4) is 0 Å². The van der Waals surface area contributed by atoms with Crippen LogP contribution in [0.2, 0.25) is 0 Å². The number of hydrogen-bond donors (Lipinski definition) is 1. The minimum Gasteiger partial charge on any atom is -0.497 e. The molecule has 0 saturated heterocycles. The number of nitrogens with one attached hydrogen (secondary N) is 1. The fourth-order valence-corrected chi connectivity index (χ4v) is 5.69. The molecule has 1 amide bonds. The Kier molecular flexibility index (Phi) is 9.42. The lowest BCUT2D eigenvalue weighted by molar-refractivity contribution is -0.119. The molecule has 3 rings (SSSR count). The zero-order valence-corrected chi connectivity index (χ0v) is 21.1. The van der Waals surface area contributed by atoms with Gasteiger partial charge in [-0.3, -0.25) is 9.10 Å². The Bertz CT molecular complexity index is 1170. The predicted octanol–water partition coefficient (Wildman–Crippen LogP) is 4.64. The second-order valence-electron chi connectivity index (χ2n) is 7.77. The molecule has 34 heavy (non-hydrogen) atoms. The summed E-state index contributed by atoms with van der Waals surface area (Å²) in [6, 6.07) is 23.2. The van der Waals surface area contributed by atoms with Crippen LogP contribution in [0, 0.1) is 6.92 Å². The fourth-order valence-electron chi connectivity index (χ4n) is 3.36. The van der Waals surface area contributed by atoms with E-state index in [0.29, 0.717) is 18.0 Å². The van der Waals surface area contributed by atoms with Gasteiger partial charge in [-0.2, -0.15) is 11.8 Å². The second kappa shape index (κ2) is 12.5. The number of carbonyl (C=O) groups is 1. The number of nitrogens with zero attached hydrogens (tertiary/aromatic N) is 1. The van der Waals surface area contributed by atoms with Crippen molar-refractivity contribution in [3.63, 3.8) is 0 Å². The zero-order chi connectivity index (χ0) is 24.4.